The lowest BCUT2D eigenvalue weighted by molar-refractivity contribution is 0.500. The van der Waals surface area contributed by atoms with Gasteiger partial charge in [0.05, 0.1) is 14.7 Å². The Hall–Kier alpha value is -1.54. The molecule has 0 fully saturated rings. The highest BCUT2D eigenvalue weighted by Gasteiger charge is 2.41. The zero-order chi connectivity index (χ0) is 15.5. The Balaban J connectivity index is 0.000000114. The Kier molecular flexibility index (Phi) is 2.87. The number of hydrogen-bond acceptors (Lipinski definition) is 4. The van der Waals surface area contributed by atoms with Crippen molar-refractivity contribution in [1.29, 1.82) is 0 Å². The first-order chi connectivity index (χ1) is 10.4. The molecule has 2 aromatic rings. The molecule has 22 heavy (non-hydrogen) atoms. The predicted molar refractivity (Wildman–Crippen MR) is 92.0 cm³/mol. The highest BCUT2D eigenvalue weighted by atomic mass is 32.3. The van der Waals surface area contributed by atoms with Crippen molar-refractivity contribution in [2.75, 3.05) is 0 Å². The van der Waals surface area contributed by atoms with Crippen molar-refractivity contribution in [3.05, 3.63) is 64.6 Å². The van der Waals surface area contributed by atoms with Gasteiger partial charge in [-0.15, -0.1) is 21.2 Å². The lowest BCUT2D eigenvalue weighted by Crippen LogP contribution is -1.92. The van der Waals surface area contributed by atoms with E-state index in [9.17, 15) is 18.2 Å². The van der Waals surface area contributed by atoms with Crippen molar-refractivity contribution in [2.45, 2.75) is 9.79 Å². The van der Waals surface area contributed by atoms with Gasteiger partial charge in [0.2, 0.25) is 0 Å². The zero-order valence-electron chi connectivity index (χ0n) is 11.4. The Labute approximate surface area is 131 Å². The second-order valence-corrected chi connectivity index (χ2v) is 9.08. The Morgan fingerprint density at radius 1 is 0.773 bits per heavy atom. The molecule has 4 N–H and O–H groups in total. The minimum absolute atomic E-state index is 0.639. The third kappa shape index (κ3) is 1.83. The Morgan fingerprint density at radius 3 is 2.18 bits per heavy atom. The van der Waals surface area contributed by atoms with Crippen LogP contribution in [-0.4, -0.2) is 18.2 Å². The molecule has 4 nitrogen and oxygen atoms in total. The van der Waals surface area contributed by atoms with Crippen LogP contribution in [0, 0.1) is 0 Å². The fourth-order valence-corrected chi connectivity index (χ4v) is 5.77. The van der Waals surface area contributed by atoms with Gasteiger partial charge in [-0.2, -0.15) is 0 Å². The molecule has 0 aromatic heterocycles. The largest absolute Gasteiger partial charge is 0.291 e. The fourth-order valence-electron chi connectivity index (χ4n) is 2.77. The maximum Gasteiger partial charge on any atom is 0.0723 e. The van der Waals surface area contributed by atoms with Gasteiger partial charge in [0.1, 0.15) is 0 Å². The topological polar surface area (TPSA) is 80.9 Å². The van der Waals surface area contributed by atoms with Gasteiger partial charge in [0.15, 0.2) is 0 Å². The van der Waals surface area contributed by atoms with Gasteiger partial charge >= 0.3 is 0 Å². The summed E-state index contributed by atoms with van der Waals surface area (Å²) in [5, 5.41) is 1.46. The second kappa shape index (κ2) is 4.48. The van der Waals surface area contributed by atoms with Crippen LogP contribution >= 0.6 is 21.2 Å². The minimum atomic E-state index is -2.59. The van der Waals surface area contributed by atoms with E-state index in [2.05, 4.69) is 0 Å². The fraction of sp³-hybridized carbons (Fsp3) is 0. The van der Waals surface area contributed by atoms with Crippen LogP contribution in [0.25, 0.3) is 17.1 Å². The minimum Gasteiger partial charge on any atom is -0.291 e. The van der Waals surface area contributed by atoms with Crippen LogP contribution in [0.4, 0.5) is 0 Å². The molecule has 0 saturated carbocycles. The summed E-state index contributed by atoms with van der Waals surface area (Å²) >= 11 is 0. The zero-order valence-corrected chi connectivity index (χ0v) is 13.0. The van der Waals surface area contributed by atoms with E-state index in [1.165, 1.54) is 5.41 Å². The van der Waals surface area contributed by atoms with Crippen molar-refractivity contribution >= 4 is 38.2 Å². The van der Waals surface area contributed by atoms with Crippen LogP contribution in [0.2, 0.25) is 0 Å². The monoisotopic (exact) mass is 334 g/mol. The molecule has 2 aromatic carbocycles. The Morgan fingerprint density at radius 2 is 1.50 bits per heavy atom. The first-order valence-electron chi connectivity index (χ1n) is 6.60. The average Bonchev–Trinajstić information content (AvgIpc) is 2.95. The smallest absolute Gasteiger partial charge is 0.0723 e. The van der Waals surface area contributed by atoms with Gasteiger partial charge in [-0.05, 0) is 29.8 Å². The summed E-state index contributed by atoms with van der Waals surface area (Å²) in [5.41, 5.74) is 2.97. The highest BCUT2D eigenvalue weighted by molar-refractivity contribution is 8.33. The maximum absolute atomic E-state index is 9.60. The molecule has 3 heterocycles. The molecule has 114 valence electrons. The quantitative estimate of drug-likeness (QED) is 0.520. The number of fused-ring (bicyclic) bond motifs is 1. The standard InChI is InChI=1S/C8H6O2S.C8H8O2S/c9-11(10)7-3-1-2-5-6(7)4-8(5)11;9-11(10)6-5-7-3-1-2-4-8(7)11/h1-4,9-10H;1-6,9-10H. The molecule has 0 saturated heterocycles. The summed E-state index contributed by atoms with van der Waals surface area (Å²) in [4.78, 5) is 2.08. The summed E-state index contributed by atoms with van der Waals surface area (Å²) in [5.74, 6) is 0. The van der Waals surface area contributed by atoms with E-state index in [4.69, 9.17) is 0 Å². The van der Waals surface area contributed by atoms with Crippen LogP contribution < -0.4 is 0 Å². The number of benzene rings is 2. The van der Waals surface area contributed by atoms with Crippen LogP contribution in [0.3, 0.4) is 0 Å². The first-order valence-corrected chi connectivity index (χ1v) is 9.76. The van der Waals surface area contributed by atoms with Crippen molar-refractivity contribution in [3.8, 4) is 0 Å². The third-order valence-corrected chi connectivity index (χ3v) is 7.36. The molecule has 3 aliphatic heterocycles. The second-order valence-electron chi connectivity index (χ2n) is 5.21. The van der Waals surface area contributed by atoms with Gasteiger partial charge in [-0.3, -0.25) is 18.2 Å². The van der Waals surface area contributed by atoms with Gasteiger partial charge in [-0.25, -0.2) is 0 Å². The van der Waals surface area contributed by atoms with Crippen molar-refractivity contribution in [2.24, 2.45) is 0 Å². The highest BCUT2D eigenvalue weighted by Crippen LogP contribution is 2.72. The first kappa shape index (κ1) is 14.1. The lowest BCUT2D eigenvalue weighted by Gasteiger charge is -2.27. The van der Waals surface area contributed by atoms with Gasteiger partial charge in [0.25, 0.3) is 0 Å². The summed E-state index contributed by atoms with van der Waals surface area (Å²) in [6, 6.07) is 12.9. The van der Waals surface area contributed by atoms with Gasteiger partial charge < -0.3 is 0 Å². The van der Waals surface area contributed by atoms with Gasteiger partial charge in [0, 0.05) is 16.5 Å². The molecule has 0 amide bonds. The van der Waals surface area contributed by atoms with E-state index in [0.29, 0.717) is 9.79 Å². The van der Waals surface area contributed by atoms with E-state index >= 15 is 0 Å². The van der Waals surface area contributed by atoms with Crippen LogP contribution in [-0.2, 0) is 0 Å². The van der Waals surface area contributed by atoms with E-state index in [1.807, 2.05) is 30.3 Å². The molecule has 0 spiro atoms. The molecule has 4 aliphatic rings. The van der Waals surface area contributed by atoms with E-state index in [0.717, 1.165) is 21.6 Å². The molecule has 0 unspecified atom stereocenters. The van der Waals surface area contributed by atoms with Crippen molar-refractivity contribution < 1.29 is 18.2 Å². The predicted octanol–water partition coefficient (Wildman–Crippen LogP) is 5.40. The van der Waals surface area contributed by atoms with Crippen molar-refractivity contribution in [3.63, 3.8) is 0 Å². The number of hydrogen-bond donors (Lipinski definition) is 4. The average molecular weight is 334 g/mol. The molecular formula is C16H14O4S2. The number of rotatable bonds is 0. The van der Waals surface area contributed by atoms with Crippen LogP contribution in [0.1, 0.15) is 16.7 Å². The molecule has 6 heteroatoms. The molecule has 0 radical (unpaired) electrons. The summed E-state index contributed by atoms with van der Waals surface area (Å²) in [6.07, 6.45) is 3.60. The van der Waals surface area contributed by atoms with Crippen LogP contribution in [0.15, 0.2) is 57.7 Å². The molecular weight excluding hydrogens is 320 g/mol. The molecule has 4 bridgehead atoms. The molecule has 6 rings (SSSR count). The third-order valence-electron chi connectivity index (χ3n) is 3.90. The maximum atomic E-state index is 9.60. The normalized spacial score (nSPS) is 22.6. The Bertz CT molecular complexity index is 847. The van der Waals surface area contributed by atoms with E-state index in [-0.39, 0.29) is 0 Å². The van der Waals surface area contributed by atoms with E-state index < -0.39 is 21.2 Å². The SMILES string of the molecule is OS1(O)C2=Cc3c2cccc31.OS1(O)C=Cc2ccccc21. The van der Waals surface area contributed by atoms with Gasteiger partial charge in [-0.1, -0.05) is 30.3 Å². The lowest BCUT2D eigenvalue weighted by atomic mass is 9.99. The summed E-state index contributed by atoms with van der Waals surface area (Å²) < 4.78 is 38.0. The van der Waals surface area contributed by atoms with Crippen LogP contribution in [0.5, 0.6) is 0 Å². The van der Waals surface area contributed by atoms with Crippen molar-refractivity contribution in [1.82, 2.24) is 0 Å². The summed E-state index contributed by atoms with van der Waals surface area (Å²) in [6.45, 7) is 0. The molecule has 1 aliphatic carbocycles. The summed E-state index contributed by atoms with van der Waals surface area (Å²) in [7, 11) is -5.13. The van der Waals surface area contributed by atoms with E-state index in [1.54, 1.807) is 24.3 Å². The molecule has 0 atom stereocenters.